The Kier molecular flexibility index (Phi) is 7.45. The van der Waals surface area contributed by atoms with Crippen molar-refractivity contribution < 1.29 is 9.18 Å². The van der Waals surface area contributed by atoms with Gasteiger partial charge in [0.1, 0.15) is 5.82 Å². The van der Waals surface area contributed by atoms with Crippen molar-refractivity contribution in [2.45, 2.75) is 42.8 Å². The maximum absolute atomic E-state index is 12.8. The monoisotopic (exact) mass is 368 g/mol. The Balaban J connectivity index is 1.77. The summed E-state index contributed by atoms with van der Waals surface area (Å²) in [6.45, 7) is 5.22. The number of carbonyl (C=O) groups excluding carboxylic acids is 1. The average Bonchev–Trinajstić information content (AvgIpc) is 3.01. The Labute approximate surface area is 149 Å². The van der Waals surface area contributed by atoms with Crippen molar-refractivity contribution in [2.24, 2.45) is 0 Å². The van der Waals surface area contributed by atoms with E-state index in [4.69, 9.17) is 0 Å². The first-order valence-corrected chi connectivity index (χ1v) is 9.54. The van der Waals surface area contributed by atoms with Crippen molar-refractivity contribution in [1.82, 2.24) is 15.5 Å². The molecule has 2 N–H and O–H groups in total. The molecule has 1 atom stereocenters. The van der Waals surface area contributed by atoms with E-state index in [9.17, 15) is 9.18 Å². The molecule has 0 aliphatic heterocycles. The summed E-state index contributed by atoms with van der Waals surface area (Å²) in [4.78, 5) is 12.1. The molecule has 0 aliphatic carbocycles. The third kappa shape index (κ3) is 6.09. The molecule has 1 aromatic carbocycles. The zero-order valence-corrected chi connectivity index (χ0v) is 15.3. The quantitative estimate of drug-likeness (QED) is 0.522. The predicted octanol–water partition coefficient (Wildman–Crippen LogP) is 3.69. The van der Waals surface area contributed by atoms with Gasteiger partial charge in [0.15, 0.2) is 4.34 Å². The molecule has 1 amide bonds. The zero-order valence-electron chi connectivity index (χ0n) is 13.7. The number of hydrogen-bond donors (Lipinski definition) is 2. The Hall–Kier alpha value is -1.67. The third-order valence-electron chi connectivity index (χ3n) is 3.24. The number of amides is 1. The maximum Gasteiger partial charge on any atom is 0.233 e. The first-order valence-electron chi connectivity index (χ1n) is 7.84. The van der Waals surface area contributed by atoms with E-state index in [1.165, 1.54) is 35.2 Å². The highest BCUT2D eigenvalue weighted by Gasteiger charge is 2.16. The zero-order chi connectivity index (χ0) is 17.4. The number of thioether (sulfide) groups is 1. The number of halogens is 1. The molecule has 24 heavy (non-hydrogen) atoms. The van der Waals surface area contributed by atoms with Crippen molar-refractivity contribution in [3.05, 3.63) is 35.6 Å². The summed E-state index contributed by atoms with van der Waals surface area (Å²) in [7, 11) is 0. The van der Waals surface area contributed by atoms with Crippen molar-refractivity contribution in [1.29, 1.82) is 0 Å². The van der Waals surface area contributed by atoms with Crippen LogP contribution in [0, 0.1) is 5.82 Å². The number of nitrogens with zero attached hydrogens (tertiary/aromatic N) is 2. The summed E-state index contributed by atoms with van der Waals surface area (Å²) in [6.07, 6.45) is 2.21. The van der Waals surface area contributed by atoms with Crippen molar-refractivity contribution in [3.8, 4) is 0 Å². The van der Waals surface area contributed by atoms with E-state index in [1.807, 2.05) is 6.92 Å². The molecule has 0 fully saturated rings. The molecule has 0 aliphatic rings. The van der Waals surface area contributed by atoms with E-state index in [0.717, 1.165) is 34.4 Å². The van der Waals surface area contributed by atoms with E-state index >= 15 is 0 Å². The van der Waals surface area contributed by atoms with Gasteiger partial charge in [0.05, 0.1) is 5.25 Å². The molecule has 0 bridgehead atoms. The van der Waals surface area contributed by atoms with Crippen molar-refractivity contribution >= 4 is 34.1 Å². The lowest BCUT2D eigenvalue weighted by atomic mass is 10.2. The second kappa shape index (κ2) is 9.58. The lowest BCUT2D eigenvalue weighted by Gasteiger charge is -2.10. The molecule has 1 aromatic heterocycles. The van der Waals surface area contributed by atoms with Crippen LogP contribution in [0.1, 0.15) is 32.3 Å². The van der Waals surface area contributed by atoms with Crippen LogP contribution in [-0.2, 0) is 11.3 Å². The Morgan fingerprint density at radius 3 is 2.79 bits per heavy atom. The first-order chi connectivity index (χ1) is 11.6. The summed E-state index contributed by atoms with van der Waals surface area (Å²) in [5, 5.41) is 14.7. The van der Waals surface area contributed by atoms with Gasteiger partial charge in [0.25, 0.3) is 0 Å². The van der Waals surface area contributed by atoms with Crippen LogP contribution in [0.2, 0.25) is 0 Å². The van der Waals surface area contributed by atoms with Crippen LogP contribution in [0.4, 0.5) is 9.52 Å². The molecular formula is C16H21FN4OS2. The molecule has 0 saturated heterocycles. The average molecular weight is 369 g/mol. The minimum absolute atomic E-state index is 0.0833. The highest BCUT2D eigenvalue weighted by molar-refractivity contribution is 8.02. The second-order valence-electron chi connectivity index (χ2n) is 5.26. The molecule has 2 aromatic rings. The highest BCUT2D eigenvalue weighted by atomic mass is 32.2. The van der Waals surface area contributed by atoms with Gasteiger partial charge in [-0.15, -0.1) is 10.2 Å². The van der Waals surface area contributed by atoms with E-state index in [2.05, 4.69) is 27.8 Å². The first kappa shape index (κ1) is 18.7. The molecule has 0 unspecified atom stereocenters. The van der Waals surface area contributed by atoms with Gasteiger partial charge in [-0.25, -0.2) is 4.39 Å². The Bertz CT molecular complexity index is 648. The van der Waals surface area contributed by atoms with Crippen LogP contribution in [-0.4, -0.2) is 27.9 Å². The standard InChI is InChI=1S/C16H21FN4OS2/c1-3-4-9-18-15-20-21-16(24-15)23-11(2)14(22)19-10-12-5-7-13(17)8-6-12/h5-8,11H,3-4,9-10H2,1-2H3,(H,18,20)(H,19,22)/t11-/m1/s1. The fraction of sp³-hybridized carbons (Fsp3) is 0.438. The van der Waals surface area contributed by atoms with E-state index < -0.39 is 0 Å². The number of nitrogens with one attached hydrogen (secondary N) is 2. The van der Waals surface area contributed by atoms with E-state index in [-0.39, 0.29) is 17.0 Å². The number of hydrogen-bond acceptors (Lipinski definition) is 6. The summed E-state index contributed by atoms with van der Waals surface area (Å²) < 4.78 is 13.6. The summed E-state index contributed by atoms with van der Waals surface area (Å²) in [5.41, 5.74) is 0.861. The van der Waals surface area contributed by atoms with Crippen LogP contribution in [0.5, 0.6) is 0 Å². The molecule has 8 heteroatoms. The molecule has 1 heterocycles. The SMILES string of the molecule is CCCCNc1nnc(S[C@H](C)C(=O)NCc2ccc(F)cc2)s1. The lowest BCUT2D eigenvalue weighted by Crippen LogP contribution is -2.30. The minimum atomic E-state index is -0.284. The minimum Gasteiger partial charge on any atom is -0.360 e. The lowest BCUT2D eigenvalue weighted by molar-refractivity contribution is -0.120. The molecular weight excluding hydrogens is 347 g/mol. The smallest absolute Gasteiger partial charge is 0.233 e. The van der Waals surface area contributed by atoms with Gasteiger partial charge in [0.2, 0.25) is 11.0 Å². The third-order valence-corrected chi connectivity index (χ3v) is 5.31. The summed E-state index contributed by atoms with van der Waals surface area (Å²) >= 11 is 2.84. The second-order valence-corrected chi connectivity index (χ2v) is 7.82. The normalized spacial score (nSPS) is 12.0. The Morgan fingerprint density at radius 1 is 1.33 bits per heavy atom. The van der Waals surface area contributed by atoms with E-state index in [0.29, 0.717) is 6.54 Å². The number of rotatable bonds is 9. The number of carbonyl (C=O) groups is 1. The number of aromatic nitrogens is 2. The van der Waals surface area contributed by atoms with Gasteiger partial charge >= 0.3 is 0 Å². The predicted molar refractivity (Wildman–Crippen MR) is 96.9 cm³/mol. The van der Waals surface area contributed by atoms with Gasteiger partial charge in [-0.1, -0.05) is 48.6 Å². The van der Waals surface area contributed by atoms with Crippen LogP contribution in [0.25, 0.3) is 0 Å². The fourth-order valence-electron chi connectivity index (χ4n) is 1.84. The van der Waals surface area contributed by atoms with Gasteiger partial charge in [-0.3, -0.25) is 4.79 Å². The van der Waals surface area contributed by atoms with Gasteiger partial charge in [-0.2, -0.15) is 0 Å². The van der Waals surface area contributed by atoms with Crippen LogP contribution in [0.15, 0.2) is 28.6 Å². The van der Waals surface area contributed by atoms with Crippen LogP contribution in [0.3, 0.4) is 0 Å². The van der Waals surface area contributed by atoms with Crippen LogP contribution < -0.4 is 10.6 Å². The van der Waals surface area contributed by atoms with Crippen molar-refractivity contribution in [2.75, 3.05) is 11.9 Å². The highest BCUT2D eigenvalue weighted by Crippen LogP contribution is 2.28. The Morgan fingerprint density at radius 2 is 2.08 bits per heavy atom. The van der Waals surface area contributed by atoms with Gasteiger partial charge < -0.3 is 10.6 Å². The molecule has 130 valence electrons. The largest absolute Gasteiger partial charge is 0.360 e. The number of benzene rings is 1. The molecule has 0 spiro atoms. The van der Waals surface area contributed by atoms with Crippen LogP contribution >= 0.6 is 23.1 Å². The summed E-state index contributed by atoms with van der Waals surface area (Å²) in [6, 6.07) is 6.08. The molecule has 0 radical (unpaired) electrons. The topological polar surface area (TPSA) is 66.9 Å². The molecule has 0 saturated carbocycles. The molecule has 5 nitrogen and oxygen atoms in total. The van der Waals surface area contributed by atoms with E-state index in [1.54, 1.807) is 12.1 Å². The molecule has 2 rings (SSSR count). The van der Waals surface area contributed by atoms with Crippen molar-refractivity contribution in [3.63, 3.8) is 0 Å². The summed E-state index contributed by atoms with van der Waals surface area (Å²) in [5.74, 6) is -0.367. The fourth-order valence-corrected chi connectivity index (χ4v) is 3.79. The van der Waals surface area contributed by atoms with Gasteiger partial charge in [-0.05, 0) is 31.0 Å². The van der Waals surface area contributed by atoms with Gasteiger partial charge in [0, 0.05) is 13.1 Å². The maximum atomic E-state index is 12.8. The number of unbranched alkanes of at least 4 members (excludes halogenated alkanes) is 1. The number of anilines is 1.